The third-order valence-electron chi connectivity index (χ3n) is 2.91. The Morgan fingerprint density at radius 2 is 2.15 bits per heavy atom. The molecule has 0 bridgehead atoms. The van der Waals surface area contributed by atoms with Gasteiger partial charge in [-0.2, -0.15) is 5.10 Å². The zero-order valence-electron chi connectivity index (χ0n) is 11.1. The van der Waals surface area contributed by atoms with Gasteiger partial charge in [0.25, 0.3) is 0 Å². The Bertz CT molecular complexity index is 653. The predicted molar refractivity (Wildman–Crippen MR) is 75.1 cm³/mol. The van der Waals surface area contributed by atoms with Gasteiger partial charge in [0.05, 0.1) is 18.6 Å². The molecule has 0 saturated carbocycles. The first kappa shape index (κ1) is 14.7. The fraction of sp³-hybridized carbons (Fsp3) is 0.308. The van der Waals surface area contributed by atoms with Crippen LogP contribution in [0.2, 0.25) is 0 Å². The predicted octanol–water partition coefficient (Wildman–Crippen LogP) is 1.08. The van der Waals surface area contributed by atoms with E-state index >= 15 is 0 Å². The van der Waals surface area contributed by atoms with Crippen molar-refractivity contribution in [1.82, 2.24) is 14.9 Å². The fourth-order valence-electron chi connectivity index (χ4n) is 1.91. The quantitative estimate of drug-likeness (QED) is 0.743. The zero-order chi connectivity index (χ0) is 14.6. The number of aliphatic hydroxyl groups is 1. The number of nitrogens with one attached hydrogen (secondary N) is 2. The average Bonchev–Trinajstić information content (AvgIpc) is 2.91. The van der Waals surface area contributed by atoms with Crippen LogP contribution >= 0.6 is 0 Å². The number of hydrogen-bond acceptors (Lipinski definition) is 4. The molecule has 1 unspecified atom stereocenters. The molecular formula is C13H17N3O3S. The first-order chi connectivity index (χ1) is 9.50. The second kappa shape index (κ2) is 6.17. The molecule has 2 rings (SSSR count). The van der Waals surface area contributed by atoms with Gasteiger partial charge < -0.3 is 5.11 Å². The van der Waals surface area contributed by atoms with Gasteiger partial charge in [-0.3, -0.25) is 5.10 Å². The van der Waals surface area contributed by atoms with Crippen LogP contribution in [0.5, 0.6) is 0 Å². The van der Waals surface area contributed by atoms with E-state index < -0.39 is 10.0 Å². The van der Waals surface area contributed by atoms with E-state index in [2.05, 4.69) is 14.9 Å². The fourth-order valence-corrected chi connectivity index (χ4v) is 3.29. The van der Waals surface area contributed by atoms with Crippen LogP contribution < -0.4 is 4.72 Å². The van der Waals surface area contributed by atoms with Gasteiger partial charge in [-0.25, -0.2) is 13.1 Å². The maximum absolute atomic E-state index is 12.1. The molecule has 0 saturated heterocycles. The maximum Gasteiger partial charge on any atom is 0.216 e. The summed E-state index contributed by atoms with van der Waals surface area (Å²) in [6.45, 7) is 1.65. The number of hydrogen-bond donors (Lipinski definition) is 3. The molecule has 2 aromatic rings. The van der Waals surface area contributed by atoms with Gasteiger partial charge >= 0.3 is 0 Å². The number of benzene rings is 1. The van der Waals surface area contributed by atoms with Crippen LogP contribution in [-0.2, 0) is 22.4 Å². The minimum atomic E-state index is -3.46. The number of rotatable bonds is 6. The molecule has 6 nitrogen and oxygen atoms in total. The zero-order valence-corrected chi connectivity index (χ0v) is 11.9. The lowest BCUT2D eigenvalue weighted by molar-refractivity contribution is 0.282. The lowest BCUT2D eigenvalue weighted by Gasteiger charge is -2.13. The molecule has 108 valence electrons. The summed E-state index contributed by atoms with van der Waals surface area (Å²) in [5, 5.41) is 15.5. The number of nitrogens with zero attached hydrogens (tertiary/aromatic N) is 1. The molecule has 1 atom stereocenters. The number of H-pyrrole nitrogens is 1. The Morgan fingerprint density at radius 3 is 2.80 bits per heavy atom. The van der Waals surface area contributed by atoms with Gasteiger partial charge in [0.15, 0.2) is 0 Å². The van der Waals surface area contributed by atoms with Crippen molar-refractivity contribution in [2.45, 2.75) is 25.3 Å². The molecule has 0 spiro atoms. The topological polar surface area (TPSA) is 95.1 Å². The van der Waals surface area contributed by atoms with Gasteiger partial charge in [0.1, 0.15) is 0 Å². The van der Waals surface area contributed by atoms with Gasteiger partial charge in [-0.15, -0.1) is 0 Å². The molecule has 0 aliphatic carbocycles. The van der Waals surface area contributed by atoms with Crippen molar-refractivity contribution in [2.24, 2.45) is 0 Å². The van der Waals surface area contributed by atoms with Crippen molar-refractivity contribution in [1.29, 1.82) is 0 Å². The SMILES string of the molecule is CC(NS(=O)(=O)Cc1cccc(CO)c1)c1cn[nH]c1. The smallest absolute Gasteiger partial charge is 0.216 e. The first-order valence-corrected chi connectivity index (χ1v) is 7.83. The second-order valence-electron chi connectivity index (χ2n) is 4.61. The monoisotopic (exact) mass is 295 g/mol. The molecule has 1 aromatic carbocycles. The summed E-state index contributed by atoms with van der Waals surface area (Å²) in [5.41, 5.74) is 2.11. The highest BCUT2D eigenvalue weighted by Crippen LogP contribution is 2.14. The van der Waals surface area contributed by atoms with Crippen LogP contribution in [-0.4, -0.2) is 23.7 Å². The number of aromatic amines is 1. The summed E-state index contributed by atoms with van der Waals surface area (Å²) in [5.74, 6) is -0.122. The lowest BCUT2D eigenvalue weighted by atomic mass is 10.1. The van der Waals surface area contributed by atoms with E-state index in [1.54, 1.807) is 43.6 Å². The number of aromatic nitrogens is 2. The molecule has 0 aliphatic rings. The van der Waals surface area contributed by atoms with Crippen molar-refractivity contribution in [3.63, 3.8) is 0 Å². The van der Waals surface area contributed by atoms with E-state index in [9.17, 15) is 8.42 Å². The van der Waals surface area contributed by atoms with Crippen LogP contribution in [0.25, 0.3) is 0 Å². The number of sulfonamides is 1. The van der Waals surface area contributed by atoms with Crippen LogP contribution in [0.1, 0.15) is 29.7 Å². The molecule has 1 heterocycles. The molecule has 0 amide bonds. The van der Waals surface area contributed by atoms with E-state index in [1.165, 1.54) is 0 Å². The van der Waals surface area contributed by atoms with Crippen LogP contribution in [0.4, 0.5) is 0 Å². The summed E-state index contributed by atoms with van der Waals surface area (Å²) >= 11 is 0. The summed E-state index contributed by atoms with van der Waals surface area (Å²) < 4.78 is 26.8. The van der Waals surface area contributed by atoms with Gasteiger partial charge in [0, 0.05) is 17.8 Å². The van der Waals surface area contributed by atoms with Crippen molar-refractivity contribution in [3.05, 3.63) is 53.3 Å². The van der Waals surface area contributed by atoms with E-state index in [0.29, 0.717) is 11.1 Å². The highest BCUT2D eigenvalue weighted by Gasteiger charge is 2.17. The van der Waals surface area contributed by atoms with Crippen LogP contribution in [0.15, 0.2) is 36.7 Å². The minimum absolute atomic E-state index is 0.104. The summed E-state index contributed by atoms with van der Waals surface area (Å²) in [6, 6.07) is 6.54. The van der Waals surface area contributed by atoms with Crippen molar-refractivity contribution >= 4 is 10.0 Å². The molecule has 3 N–H and O–H groups in total. The molecule has 1 aromatic heterocycles. The van der Waals surface area contributed by atoms with Crippen molar-refractivity contribution in [3.8, 4) is 0 Å². The van der Waals surface area contributed by atoms with Crippen LogP contribution in [0, 0.1) is 0 Å². The largest absolute Gasteiger partial charge is 0.392 e. The Kier molecular flexibility index (Phi) is 4.53. The normalized spacial score (nSPS) is 13.3. The molecular weight excluding hydrogens is 278 g/mol. The van der Waals surface area contributed by atoms with E-state index in [-0.39, 0.29) is 18.4 Å². The third-order valence-corrected chi connectivity index (χ3v) is 4.33. The minimum Gasteiger partial charge on any atom is -0.392 e. The van der Waals surface area contributed by atoms with Gasteiger partial charge in [-0.1, -0.05) is 24.3 Å². The Labute approximate surface area is 117 Å². The Morgan fingerprint density at radius 1 is 1.40 bits per heavy atom. The third kappa shape index (κ3) is 3.89. The second-order valence-corrected chi connectivity index (χ2v) is 6.36. The molecule has 0 aliphatic heterocycles. The van der Waals surface area contributed by atoms with E-state index in [4.69, 9.17) is 5.11 Å². The standard InChI is InChI=1S/C13H17N3O3S/c1-10(13-6-14-15-7-13)16-20(18,19)9-12-4-2-3-11(5-12)8-17/h2-7,10,16-17H,8-9H2,1H3,(H,14,15). The van der Waals surface area contributed by atoms with Crippen molar-refractivity contribution in [2.75, 3.05) is 0 Å². The lowest BCUT2D eigenvalue weighted by Crippen LogP contribution is -2.27. The van der Waals surface area contributed by atoms with Crippen LogP contribution in [0.3, 0.4) is 0 Å². The molecule has 0 radical (unpaired) electrons. The summed E-state index contributed by atoms with van der Waals surface area (Å²) in [6.07, 6.45) is 3.24. The number of aliphatic hydroxyl groups excluding tert-OH is 1. The molecule has 7 heteroatoms. The highest BCUT2D eigenvalue weighted by molar-refractivity contribution is 7.88. The average molecular weight is 295 g/mol. The highest BCUT2D eigenvalue weighted by atomic mass is 32.2. The van der Waals surface area contributed by atoms with Crippen molar-refractivity contribution < 1.29 is 13.5 Å². The summed E-state index contributed by atoms with van der Waals surface area (Å²) in [4.78, 5) is 0. The first-order valence-electron chi connectivity index (χ1n) is 6.17. The maximum atomic E-state index is 12.1. The summed E-state index contributed by atoms with van der Waals surface area (Å²) in [7, 11) is -3.46. The Hall–Kier alpha value is -1.70. The molecule has 20 heavy (non-hydrogen) atoms. The molecule has 0 fully saturated rings. The van der Waals surface area contributed by atoms with Gasteiger partial charge in [-0.05, 0) is 18.1 Å². The van der Waals surface area contributed by atoms with Gasteiger partial charge in [0.2, 0.25) is 10.0 Å². The Balaban J connectivity index is 2.07. The van der Waals surface area contributed by atoms with E-state index in [0.717, 1.165) is 5.56 Å². The van der Waals surface area contributed by atoms with E-state index in [1.807, 2.05) is 0 Å².